The predicted octanol–water partition coefficient (Wildman–Crippen LogP) is 4.22. The Morgan fingerprint density at radius 3 is 2.53 bits per heavy atom. The Morgan fingerprint density at radius 2 is 1.84 bits per heavy atom. The lowest BCUT2D eigenvalue weighted by Gasteiger charge is -2.28. The zero-order valence-electron chi connectivity index (χ0n) is 18.6. The molecule has 0 spiro atoms. The number of carbonyl (C=O) groups is 1. The highest BCUT2D eigenvalue weighted by atomic mass is 19.1. The number of rotatable bonds is 8. The second-order valence-corrected chi connectivity index (χ2v) is 7.71. The van der Waals surface area contributed by atoms with Gasteiger partial charge in [0.15, 0.2) is 5.43 Å². The number of fused-ring (bicyclic) bond motifs is 2. The summed E-state index contributed by atoms with van der Waals surface area (Å²) in [6, 6.07) is 10.4. The number of benzene rings is 2. The molecule has 1 aromatic heterocycles. The summed E-state index contributed by atoms with van der Waals surface area (Å²) in [5.41, 5.74) is 0.440. The molecule has 4 rings (SSSR count). The summed E-state index contributed by atoms with van der Waals surface area (Å²) >= 11 is 0. The summed E-state index contributed by atoms with van der Waals surface area (Å²) in [6.45, 7) is 9.05. The quantitative estimate of drug-likeness (QED) is 0.527. The molecule has 1 unspecified atom stereocenters. The smallest absolute Gasteiger partial charge is 0.290 e. The third-order valence-corrected chi connectivity index (χ3v) is 6.00. The summed E-state index contributed by atoms with van der Waals surface area (Å²) < 4.78 is 26.3. The zero-order chi connectivity index (χ0) is 22.8. The molecule has 1 aliphatic rings. The van der Waals surface area contributed by atoms with Crippen molar-refractivity contribution in [1.82, 2.24) is 9.80 Å². The lowest BCUT2D eigenvalue weighted by atomic mass is 9.98. The van der Waals surface area contributed by atoms with Crippen LogP contribution in [-0.4, -0.2) is 48.5 Å². The first-order valence-electron chi connectivity index (χ1n) is 11.0. The third kappa shape index (κ3) is 3.77. The second-order valence-electron chi connectivity index (χ2n) is 7.71. The van der Waals surface area contributed by atoms with Crippen LogP contribution in [0, 0.1) is 5.82 Å². The topological polar surface area (TPSA) is 63.0 Å². The number of hydrogen-bond acceptors (Lipinski definition) is 5. The van der Waals surface area contributed by atoms with Crippen molar-refractivity contribution in [3.63, 3.8) is 0 Å². The molecule has 0 fully saturated rings. The summed E-state index contributed by atoms with van der Waals surface area (Å²) in [5.74, 6) is -0.333. The van der Waals surface area contributed by atoms with Crippen molar-refractivity contribution in [3.05, 3.63) is 75.4 Å². The molecule has 1 aliphatic heterocycles. The first-order valence-corrected chi connectivity index (χ1v) is 11.0. The Labute approximate surface area is 186 Å². The number of halogens is 1. The van der Waals surface area contributed by atoms with Crippen molar-refractivity contribution < 1.29 is 18.3 Å². The first-order chi connectivity index (χ1) is 15.5. The number of nitrogens with zero attached hydrogens (tertiary/aromatic N) is 2. The maximum atomic E-state index is 14.9. The highest BCUT2D eigenvalue weighted by Crippen LogP contribution is 2.39. The van der Waals surface area contributed by atoms with Gasteiger partial charge in [-0.25, -0.2) is 4.39 Å². The molecule has 168 valence electrons. The molecule has 0 N–H and O–H groups in total. The van der Waals surface area contributed by atoms with E-state index in [1.54, 1.807) is 41.3 Å². The van der Waals surface area contributed by atoms with Gasteiger partial charge in [0.25, 0.3) is 5.91 Å². The third-order valence-electron chi connectivity index (χ3n) is 6.00. The Hall–Kier alpha value is -3.19. The van der Waals surface area contributed by atoms with Crippen molar-refractivity contribution in [2.75, 3.05) is 32.8 Å². The van der Waals surface area contributed by atoms with Crippen LogP contribution in [0.5, 0.6) is 5.75 Å². The molecule has 6 nitrogen and oxygen atoms in total. The standard InChI is InChI=1S/C25H27FN2O4/c1-4-27(5-2)13-14-28-22(17-9-7-8-10-19(17)26)21-23(29)18-12-11-16(31-6-3)15-20(18)32-24(21)25(28)30/h7-12,15,22H,4-6,13-14H2,1-3H3. The van der Waals surface area contributed by atoms with E-state index in [4.69, 9.17) is 9.15 Å². The largest absolute Gasteiger partial charge is 0.494 e. The summed E-state index contributed by atoms with van der Waals surface area (Å²) in [7, 11) is 0. The van der Waals surface area contributed by atoms with Crippen LogP contribution in [0.25, 0.3) is 11.0 Å². The summed E-state index contributed by atoms with van der Waals surface area (Å²) in [5, 5.41) is 0.340. The van der Waals surface area contributed by atoms with E-state index >= 15 is 0 Å². The maximum absolute atomic E-state index is 14.9. The molecule has 2 heterocycles. The summed E-state index contributed by atoms with van der Waals surface area (Å²) in [6.07, 6.45) is 0. The molecule has 0 aliphatic carbocycles. The van der Waals surface area contributed by atoms with Gasteiger partial charge in [-0.3, -0.25) is 9.59 Å². The van der Waals surface area contributed by atoms with E-state index in [1.807, 2.05) is 20.8 Å². The van der Waals surface area contributed by atoms with Gasteiger partial charge in [-0.05, 0) is 38.2 Å². The number of carbonyl (C=O) groups excluding carboxylic acids is 1. The first kappa shape index (κ1) is 22.0. The fraction of sp³-hybridized carbons (Fsp3) is 0.360. The van der Waals surface area contributed by atoms with Crippen molar-refractivity contribution in [3.8, 4) is 5.75 Å². The van der Waals surface area contributed by atoms with Gasteiger partial charge in [0.05, 0.1) is 23.6 Å². The number of likely N-dealkylation sites (N-methyl/N-ethyl adjacent to an activating group) is 1. The van der Waals surface area contributed by atoms with Crippen LogP contribution < -0.4 is 10.2 Å². The maximum Gasteiger partial charge on any atom is 0.290 e. The van der Waals surface area contributed by atoms with Gasteiger partial charge in [-0.2, -0.15) is 0 Å². The van der Waals surface area contributed by atoms with Crippen LogP contribution in [-0.2, 0) is 0 Å². The van der Waals surface area contributed by atoms with E-state index in [-0.39, 0.29) is 27.9 Å². The van der Waals surface area contributed by atoms with Gasteiger partial charge >= 0.3 is 0 Å². The predicted molar refractivity (Wildman–Crippen MR) is 121 cm³/mol. The fourth-order valence-corrected chi connectivity index (χ4v) is 4.29. The molecular weight excluding hydrogens is 411 g/mol. The van der Waals surface area contributed by atoms with Gasteiger partial charge in [-0.1, -0.05) is 32.0 Å². The average Bonchev–Trinajstić information content (AvgIpc) is 3.07. The van der Waals surface area contributed by atoms with Gasteiger partial charge in [-0.15, -0.1) is 0 Å². The molecule has 0 saturated heterocycles. The van der Waals surface area contributed by atoms with E-state index in [0.29, 0.717) is 30.8 Å². The normalized spacial score (nSPS) is 15.6. The lowest BCUT2D eigenvalue weighted by molar-refractivity contribution is 0.0706. The van der Waals surface area contributed by atoms with Crippen molar-refractivity contribution in [2.45, 2.75) is 26.8 Å². The molecule has 2 aromatic carbocycles. The Morgan fingerprint density at radius 1 is 1.09 bits per heavy atom. The Bertz CT molecular complexity index is 1200. The van der Waals surface area contributed by atoms with E-state index in [9.17, 15) is 14.0 Å². The summed E-state index contributed by atoms with van der Waals surface area (Å²) in [4.78, 5) is 30.6. The SMILES string of the molecule is CCOc1ccc2c(=O)c3c(oc2c1)C(=O)N(CCN(CC)CC)C3c1ccccc1F. The van der Waals surface area contributed by atoms with Crippen molar-refractivity contribution in [2.24, 2.45) is 0 Å². The van der Waals surface area contributed by atoms with Gasteiger partial charge in [0, 0.05) is 24.7 Å². The highest BCUT2D eigenvalue weighted by Gasteiger charge is 2.43. The van der Waals surface area contributed by atoms with Gasteiger partial charge < -0.3 is 19.0 Å². The fourth-order valence-electron chi connectivity index (χ4n) is 4.29. The number of amides is 1. The highest BCUT2D eigenvalue weighted by molar-refractivity contribution is 5.99. The minimum Gasteiger partial charge on any atom is -0.494 e. The van der Waals surface area contributed by atoms with Gasteiger partial charge in [0.1, 0.15) is 17.1 Å². The van der Waals surface area contributed by atoms with E-state index < -0.39 is 17.8 Å². The molecule has 0 radical (unpaired) electrons. The molecule has 1 atom stereocenters. The monoisotopic (exact) mass is 438 g/mol. The second kappa shape index (κ2) is 9.12. The van der Waals surface area contributed by atoms with Crippen LogP contribution in [0.3, 0.4) is 0 Å². The lowest BCUT2D eigenvalue weighted by Crippen LogP contribution is -2.38. The van der Waals surface area contributed by atoms with Crippen molar-refractivity contribution in [1.29, 1.82) is 0 Å². The average molecular weight is 438 g/mol. The minimum absolute atomic E-state index is 0.0241. The van der Waals surface area contributed by atoms with Gasteiger partial charge in [0.2, 0.25) is 5.76 Å². The molecule has 32 heavy (non-hydrogen) atoms. The Balaban J connectivity index is 1.87. The number of ether oxygens (including phenoxy) is 1. The zero-order valence-corrected chi connectivity index (χ0v) is 18.6. The minimum atomic E-state index is -0.832. The molecular formula is C25H27FN2O4. The van der Waals surface area contributed by atoms with Crippen LogP contribution >= 0.6 is 0 Å². The molecule has 0 saturated carbocycles. The molecule has 3 aromatic rings. The van der Waals surface area contributed by atoms with E-state index in [2.05, 4.69) is 4.90 Å². The molecule has 1 amide bonds. The van der Waals surface area contributed by atoms with Crippen LogP contribution in [0.4, 0.5) is 4.39 Å². The molecule has 7 heteroatoms. The molecule has 0 bridgehead atoms. The van der Waals surface area contributed by atoms with E-state index in [1.165, 1.54) is 6.07 Å². The van der Waals surface area contributed by atoms with E-state index in [0.717, 1.165) is 13.1 Å². The van der Waals surface area contributed by atoms with Crippen molar-refractivity contribution >= 4 is 16.9 Å². The van der Waals surface area contributed by atoms with Crippen LogP contribution in [0.2, 0.25) is 0 Å². The van der Waals surface area contributed by atoms with Crippen LogP contribution in [0.1, 0.15) is 48.5 Å². The Kier molecular flexibility index (Phi) is 6.28. The van der Waals surface area contributed by atoms with Crippen LogP contribution in [0.15, 0.2) is 51.7 Å². The number of hydrogen-bond donors (Lipinski definition) is 0.